The Bertz CT molecular complexity index is 761. The molecule has 2 aliphatic rings. The number of nitrogens with one attached hydrogen (secondary N) is 1. The maximum atomic E-state index is 12.0. The van der Waals surface area contributed by atoms with Crippen LogP contribution < -0.4 is 5.48 Å². The van der Waals surface area contributed by atoms with Gasteiger partial charge in [-0.05, 0) is 31.4 Å². The number of nitrogens with zero attached hydrogens (tertiary/aromatic N) is 2. The van der Waals surface area contributed by atoms with Gasteiger partial charge in [0.15, 0.2) is 0 Å². The molecule has 3 rings (SSSR count). The number of hydroxylamine groups is 3. The summed E-state index contributed by atoms with van der Waals surface area (Å²) in [4.78, 5) is 47.9. The number of carbonyl (C=O) groups is 3. The van der Waals surface area contributed by atoms with E-state index >= 15 is 0 Å². The maximum absolute atomic E-state index is 12.0. The summed E-state index contributed by atoms with van der Waals surface area (Å²) in [6, 6.07) is 9.13. The van der Waals surface area contributed by atoms with Crippen molar-refractivity contribution >= 4 is 17.8 Å². The Labute approximate surface area is 176 Å². The van der Waals surface area contributed by atoms with Crippen molar-refractivity contribution in [3.05, 3.63) is 48.0 Å². The molecule has 0 radical (unpaired) electrons. The molecule has 0 spiro atoms. The van der Waals surface area contributed by atoms with Crippen molar-refractivity contribution in [1.82, 2.24) is 15.4 Å². The summed E-state index contributed by atoms with van der Waals surface area (Å²) in [6.45, 7) is 1.90. The highest BCUT2D eigenvalue weighted by Crippen LogP contribution is 2.26. The van der Waals surface area contributed by atoms with Gasteiger partial charge in [0.1, 0.15) is 0 Å². The summed E-state index contributed by atoms with van der Waals surface area (Å²) in [6.07, 6.45) is 9.27. The summed E-state index contributed by atoms with van der Waals surface area (Å²) in [5.74, 6) is -2.09. The molecule has 0 bridgehead atoms. The van der Waals surface area contributed by atoms with Crippen LogP contribution in [0, 0.1) is 0 Å². The van der Waals surface area contributed by atoms with E-state index in [2.05, 4.69) is 9.74 Å². The summed E-state index contributed by atoms with van der Waals surface area (Å²) < 4.78 is 0. The first kappa shape index (κ1) is 22.0. The molecular weight excluding hydrogens is 386 g/mol. The number of benzene rings is 1. The lowest BCUT2D eigenvalue weighted by Crippen LogP contribution is -2.39. The summed E-state index contributed by atoms with van der Waals surface area (Å²) in [7, 11) is 1.74. The third-order valence-electron chi connectivity index (χ3n) is 5.67. The number of amides is 1. The fourth-order valence-electron chi connectivity index (χ4n) is 4.00. The normalized spacial score (nSPS) is 20.4. The van der Waals surface area contributed by atoms with Crippen molar-refractivity contribution in [3.8, 4) is 0 Å². The zero-order chi connectivity index (χ0) is 21.3. The first-order valence-electron chi connectivity index (χ1n) is 10.5. The minimum atomic E-state index is -0.872. The Morgan fingerprint density at radius 2 is 1.73 bits per heavy atom. The maximum Gasteiger partial charge on any atom is 0.356 e. The molecule has 1 aliphatic heterocycles. The van der Waals surface area contributed by atoms with Crippen LogP contribution in [0.15, 0.2) is 42.5 Å². The van der Waals surface area contributed by atoms with Crippen molar-refractivity contribution < 1.29 is 24.1 Å². The monoisotopic (exact) mass is 415 g/mol. The van der Waals surface area contributed by atoms with Gasteiger partial charge in [0.2, 0.25) is 0 Å². The fourth-order valence-corrected chi connectivity index (χ4v) is 4.00. The van der Waals surface area contributed by atoms with Crippen LogP contribution in [0.25, 0.3) is 0 Å². The van der Waals surface area contributed by atoms with Crippen LogP contribution in [0.2, 0.25) is 0 Å². The Kier molecular flexibility index (Phi) is 7.98. The van der Waals surface area contributed by atoms with Gasteiger partial charge in [-0.15, -0.1) is 5.06 Å². The van der Waals surface area contributed by atoms with E-state index in [0.717, 1.165) is 31.7 Å². The molecule has 0 aromatic heterocycles. The van der Waals surface area contributed by atoms with Gasteiger partial charge in [0.05, 0.1) is 6.04 Å². The lowest BCUT2D eigenvalue weighted by atomic mass is 9.94. The Hall–Kier alpha value is -2.71. The number of hydrogen-bond acceptors (Lipinski definition) is 7. The highest BCUT2D eigenvalue weighted by molar-refractivity contribution is 5.95. The Balaban J connectivity index is 1.37. The third kappa shape index (κ3) is 6.40. The molecular formula is C22H29N3O5. The average molecular weight is 415 g/mol. The molecule has 1 unspecified atom stereocenters. The molecule has 1 aliphatic carbocycles. The molecule has 1 aromatic carbocycles. The number of likely N-dealkylation sites (tertiary alicyclic amines) is 1. The van der Waals surface area contributed by atoms with E-state index in [0.29, 0.717) is 11.6 Å². The van der Waals surface area contributed by atoms with E-state index in [1.807, 2.05) is 5.48 Å². The van der Waals surface area contributed by atoms with Crippen LogP contribution in [0.3, 0.4) is 0 Å². The average Bonchev–Trinajstić information content (AvgIpc) is 3.28. The molecule has 1 saturated carbocycles. The number of likely N-dealkylation sites (N-methyl/N-ethyl adjacent to an activating group) is 1. The number of rotatable bonds is 6. The summed E-state index contributed by atoms with van der Waals surface area (Å²) >= 11 is 0. The summed E-state index contributed by atoms with van der Waals surface area (Å²) in [5, 5.41) is 1.57. The van der Waals surface area contributed by atoms with Gasteiger partial charge in [-0.3, -0.25) is 9.69 Å². The van der Waals surface area contributed by atoms with Gasteiger partial charge in [0.25, 0.3) is 5.91 Å². The van der Waals surface area contributed by atoms with Crippen LogP contribution in [0.1, 0.15) is 48.9 Å². The Morgan fingerprint density at radius 1 is 1.03 bits per heavy atom. The lowest BCUT2D eigenvalue weighted by Gasteiger charge is -2.31. The topological polar surface area (TPSA) is 88.2 Å². The van der Waals surface area contributed by atoms with Crippen molar-refractivity contribution in [2.24, 2.45) is 0 Å². The lowest BCUT2D eigenvalue weighted by molar-refractivity contribution is -0.186. The predicted octanol–water partition coefficient (Wildman–Crippen LogP) is 2.23. The van der Waals surface area contributed by atoms with E-state index < -0.39 is 17.8 Å². The van der Waals surface area contributed by atoms with Crippen LogP contribution in [-0.4, -0.2) is 60.0 Å². The summed E-state index contributed by atoms with van der Waals surface area (Å²) in [5.41, 5.74) is 2.39. The van der Waals surface area contributed by atoms with Gasteiger partial charge in [-0.1, -0.05) is 37.5 Å². The highest BCUT2D eigenvalue weighted by atomic mass is 16.7. The fraction of sp³-hybridized carbons (Fsp3) is 0.500. The number of carbonyl (C=O) groups excluding carboxylic acids is 3. The SMILES string of the molecule is CN(OC(=O)/C=C/C(=O)ONC(=O)c1ccccc1)C1CCN(C2CCCCC2)C1. The van der Waals surface area contributed by atoms with E-state index in [4.69, 9.17) is 4.84 Å². The first-order chi connectivity index (χ1) is 14.5. The second kappa shape index (κ2) is 10.9. The van der Waals surface area contributed by atoms with E-state index in [1.165, 1.54) is 32.1 Å². The molecule has 8 nitrogen and oxygen atoms in total. The van der Waals surface area contributed by atoms with Crippen LogP contribution in [0.5, 0.6) is 0 Å². The molecule has 2 fully saturated rings. The molecule has 8 heteroatoms. The van der Waals surface area contributed by atoms with Gasteiger partial charge in [0, 0.05) is 43.9 Å². The zero-order valence-electron chi connectivity index (χ0n) is 17.3. The second-order valence-electron chi connectivity index (χ2n) is 7.74. The molecule has 1 aromatic rings. The van der Waals surface area contributed by atoms with Crippen molar-refractivity contribution in [2.75, 3.05) is 20.1 Å². The van der Waals surface area contributed by atoms with Crippen molar-refractivity contribution in [3.63, 3.8) is 0 Å². The van der Waals surface area contributed by atoms with Crippen LogP contribution in [-0.2, 0) is 19.3 Å². The van der Waals surface area contributed by atoms with Crippen molar-refractivity contribution in [2.45, 2.75) is 50.6 Å². The second-order valence-corrected chi connectivity index (χ2v) is 7.74. The zero-order valence-corrected chi connectivity index (χ0v) is 17.3. The van der Waals surface area contributed by atoms with Gasteiger partial charge >= 0.3 is 11.9 Å². The van der Waals surface area contributed by atoms with Gasteiger partial charge in [-0.25, -0.2) is 9.59 Å². The quantitative estimate of drug-likeness (QED) is 0.563. The smallest absolute Gasteiger partial charge is 0.356 e. The van der Waals surface area contributed by atoms with Gasteiger partial charge in [-0.2, -0.15) is 5.48 Å². The standard InChI is InChI=1S/C22H29N3O5/c1-24(19-14-15-25(16-19)18-10-6-3-7-11-18)30-21(27)13-12-20(26)29-23-22(28)17-8-4-2-5-9-17/h2,4-5,8-9,12-13,18-19H,3,6-7,10-11,14-16H2,1H3,(H,23,28)/b13-12+. The highest BCUT2D eigenvalue weighted by Gasteiger charge is 2.32. The number of hydrogen-bond donors (Lipinski definition) is 1. The molecule has 1 N–H and O–H groups in total. The van der Waals surface area contributed by atoms with Crippen LogP contribution in [0.4, 0.5) is 0 Å². The van der Waals surface area contributed by atoms with Crippen LogP contribution >= 0.6 is 0 Å². The van der Waals surface area contributed by atoms with E-state index in [1.54, 1.807) is 42.4 Å². The predicted molar refractivity (Wildman–Crippen MR) is 110 cm³/mol. The molecule has 1 saturated heterocycles. The molecule has 1 amide bonds. The van der Waals surface area contributed by atoms with Gasteiger partial charge < -0.3 is 9.68 Å². The minimum Gasteiger partial charge on any atom is -0.364 e. The largest absolute Gasteiger partial charge is 0.364 e. The molecule has 1 atom stereocenters. The van der Waals surface area contributed by atoms with Crippen molar-refractivity contribution in [1.29, 1.82) is 0 Å². The van der Waals surface area contributed by atoms with E-state index in [9.17, 15) is 14.4 Å². The minimum absolute atomic E-state index is 0.140. The third-order valence-corrected chi connectivity index (χ3v) is 5.67. The molecule has 30 heavy (non-hydrogen) atoms. The van der Waals surface area contributed by atoms with E-state index in [-0.39, 0.29) is 6.04 Å². The Morgan fingerprint density at radius 3 is 2.47 bits per heavy atom. The first-order valence-corrected chi connectivity index (χ1v) is 10.5. The molecule has 162 valence electrons. The molecule has 1 heterocycles.